The normalized spacial score (nSPS) is 12.9. The van der Waals surface area contributed by atoms with Crippen molar-refractivity contribution in [3.05, 3.63) is 28.0 Å². The first-order valence-corrected chi connectivity index (χ1v) is 6.18. The second kappa shape index (κ2) is 5.54. The van der Waals surface area contributed by atoms with Crippen LogP contribution in [0.5, 0.6) is 0 Å². The summed E-state index contributed by atoms with van der Waals surface area (Å²) in [5.41, 5.74) is 7.52. The molecule has 2 rings (SSSR count). The van der Waals surface area contributed by atoms with Crippen LogP contribution in [-0.4, -0.2) is 33.1 Å². The molecule has 0 saturated heterocycles. The van der Waals surface area contributed by atoms with Gasteiger partial charge in [0.15, 0.2) is 0 Å². The van der Waals surface area contributed by atoms with Crippen LogP contribution in [0.15, 0.2) is 11.6 Å². The van der Waals surface area contributed by atoms with E-state index in [1.54, 1.807) is 23.4 Å². The molecule has 0 spiro atoms. The molecule has 0 bridgehead atoms. The zero-order chi connectivity index (χ0) is 12.3. The Hall–Kier alpha value is -1.02. The van der Waals surface area contributed by atoms with Gasteiger partial charge in [-0.3, -0.25) is 4.68 Å². The summed E-state index contributed by atoms with van der Waals surface area (Å²) in [6, 6.07) is -0.416. The molecule has 0 amide bonds. The molecule has 0 aliphatic rings. The fourth-order valence-corrected chi connectivity index (χ4v) is 2.23. The predicted molar refractivity (Wildman–Crippen MR) is 65.1 cm³/mol. The maximum atomic E-state index is 6.10. The Morgan fingerprint density at radius 1 is 1.65 bits per heavy atom. The Kier molecular flexibility index (Phi) is 4.06. The second-order valence-corrected chi connectivity index (χ2v) is 4.42. The van der Waals surface area contributed by atoms with Gasteiger partial charge in [0.2, 0.25) is 0 Å². The van der Waals surface area contributed by atoms with Crippen LogP contribution in [0.2, 0.25) is 5.02 Å². The molecule has 2 heterocycles. The molecule has 1 atom stereocenters. The molecule has 92 valence electrons. The summed E-state index contributed by atoms with van der Waals surface area (Å²) in [7, 11) is 1.63. The van der Waals surface area contributed by atoms with Crippen LogP contribution in [0.3, 0.4) is 0 Å². The summed E-state index contributed by atoms with van der Waals surface area (Å²) < 4.78 is 10.5. The van der Waals surface area contributed by atoms with Crippen molar-refractivity contribution in [3.63, 3.8) is 0 Å². The molecule has 2 aromatic heterocycles. The van der Waals surface area contributed by atoms with Crippen molar-refractivity contribution in [2.24, 2.45) is 5.73 Å². The molecule has 0 fully saturated rings. The van der Waals surface area contributed by atoms with E-state index < -0.39 is 6.04 Å². The van der Waals surface area contributed by atoms with Crippen LogP contribution in [0, 0.1) is 0 Å². The lowest BCUT2D eigenvalue weighted by Crippen LogP contribution is -2.19. The highest BCUT2D eigenvalue weighted by atomic mass is 35.5. The number of nitrogens with two attached hydrogens (primary N) is 1. The van der Waals surface area contributed by atoms with Gasteiger partial charge in [0.1, 0.15) is 0 Å². The molecular formula is C9H12ClN5OS. The summed E-state index contributed by atoms with van der Waals surface area (Å²) in [6.07, 6.45) is 1.58. The Morgan fingerprint density at radius 2 is 2.47 bits per heavy atom. The fourth-order valence-electron chi connectivity index (χ4n) is 1.48. The van der Waals surface area contributed by atoms with Crippen molar-refractivity contribution in [2.45, 2.75) is 12.6 Å². The highest BCUT2D eigenvalue weighted by Gasteiger charge is 2.20. The van der Waals surface area contributed by atoms with Gasteiger partial charge in [-0.05, 0) is 11.5 Å². The van der Waals surface area contributed by atoms with E-state index in [2.05, 4.69) is 14.7 Å². The van der Waals surface area contributed by atoms with Crippen molar-refractivity contribution in [1.82, 2.24) is 19.4 Å². The van der Waals surface area contributed by atoms with Crippen LogP contribution in [0.1, 0.15) is 17.4 Å². The van der Waals surface area contributed by atoms with Gasteiger partial charge in [-0.15, -0.1) is 5.10 Å². The number of hydrogen-bond acceptors (Lipinski definition) is 6. The lowest BCUT2D eigenvalue weighted by atomic mass is 10.2. The minimum absolute atomic E-state index is 0.416. The summed E-state index contributed by atoms with van der Waals surface area (Å²) in [5.74, 6) is 0. The van der Waals surface area contributed by atoms with E-state index >= 15 is 0 Å². The SMILES string of the molecule is COCCn1ncc(Cl)c1C(N)c1csnn1. The lowest BCUT2D eigenvalue weighted by molar-refractivity contribution is 0.182. The van der Waals surface area contributed by atoms with E-state index in [4.69, 9.17) is 22.1 Å². The van der Waals surface area contributed by atoms with Crippen molar-refractivity contribution < 1.29 is 4.74 Å². The molecule has 17 heavy (non-hydrogen) atoms. The molecule has 0 saturated carbocycles. The summed E-state index contributed by atoms with van der Waals surface area (Å²) in [6.45, 7) is 1.15. The highest BCUT2D eigenvalue weighted by molar-refractivity contribution is 7.03. The maximum Gasteiger partial charge on any atom is 0.0984 e. The van der Waals surface area contributed by atoms with Gasteiger partial charge in [-0.2, -0.15) is 5.10 Å². The van der Waals surface area contributed by atoms with E-state index in [0.29, 0.717) is 23.9 Å². The highest BCUT2D eigenvalue weighted by Crippen LogP contribution is 2.25. The number of halogens is 1. The zero-order valence-corrected chi connectivity index (χ0v) is 10.8. The molecule has 0 aliphatic carbocycles. The molecule has 0 aromatic carbocycles. The first-order chi connectivity index (χ1) is 8.24. The quantitative estimate of drug-likeness (QED) is 0.882. The number of methoxy groups -OCH3 is 1. The van der Waals surface area contributed by atoms with E-state index in [-0.39, 0.29) is 0 Å². The van der Waals surface area contributed by atoms with Crippen molar-refractivity contribution in [3.8, 4) is 0 Å². The van der Waals surface area contributed by atoms with Gasteiger partial charge in [0.25, 0.3) is 0 Å². The minimum Gasteiger partial charge on any atom is -0.383 e. The van der Waals surface area contributed by atoms with Gasteiger partial charge < -0.3 is 10.5 Å². The number of nitrogens with zero attached hydrogens (tertiary/aromatic N) is 4. The van der Waals surface area contributed by atoms with Crippen molar-refractivity contribution in [2.75, 3.05) is 13.7 Å². The van der Waals surface area contributed by atoms with Gasteiger partial charge in [-0.1, -0.05) is 16.1 Å². The number of rotatable bonds is 5. The van der Waals surface area contributed by atoms with Crippen LogP contribution in [0.4, 0.5) is 0 Å². The first-order valence-electron chi connectivity index (χ1n) is 4.96. The monoisotopic (exact) mass is 273 g/mol. The smallest absolute Gasteiger partial charge is 0.0984 e. The Morgan fingerprint density at radius 3 is 3.12 bits per heavy atom. The Bertz CT molecular complexity index is 472. The molecule has 2 aromatic rings. The van der Waals surface area contributed by atoms with Crippen LogP contribution in [0.25, 0.3) is 0 Å². The second-order valence-electron chi connectivity index (χ2n) is 3.40. The van der Waals surface area contributed by atoms with E-state index in [1.165, 1.54) is 11.5 Å². The Balaban J connectivity index is 2.27. The topological polar surface area (TPSA) is 78.9 Å². The van der Waals surface area contributed by atoms with Gasteiger partial charge in [0, 0.05) is 12.5 Å². The van der Waals surface area contributed by atoms with E-state index in [1.807, 2.05) is 0 Å². The third kappa shape index (κ3) is 2.63. The van der Waals surface area contributed by atoms with Gasteiger partial charge in [0.05, 0.1) is 41.8 Å². The van der Waals surface area contributed by atoms with E-state index in [9.17, 15) is 0 Å². The summed E-state index contributed by atoms with van der Waals surface area (Å²) >= 11 is 7.34. The first kappa shape index (κ1) is 12.4. The summed E-state index contributed by atoms with van der Waals surface area (Å²) in [5, 5.41) is 10.4. The largest absolute Gasteiger partial charge is 0.383 e. The molecule has 6 nitrogen and oxygen atoms in total. The van der Waals surface area contributed by atoms with Crippen LogP contribution >= 0.6 is 23.1 Å². The molecular weight excluding hydrogens is 262 g/mol. The lowest BCUT2D eigenvalue weighted by Gasteiger charge is -2.12. The predicted octanol–water partition coefficient (Wildman–Crippen LogP) is 1.08. The van der Waals surface area contributed by atoms with Crippen molar-refractivity contribution >= 4 is 23.1 Å². The zero-order valence-electron chi connectivity index (χ0n) is 9.21. The maximum absolute atomic E-state index is 6.10. The van der Waals surface area contributed by atoms with Gasteiger partial charge >= 0.3 is 0 Å². The minimum atomic E-state index is -0.416. The average Bonchev–Trinajstić information content (AvgIpc) is 2.95. The number of hydrogen-bond donors (Lipinski definition) is 1. The molecule has 1 unspecified atom stereocenters. The number of aromatic nitrogens is 4. The molecule has 2 N–H and O–H groups in total. The number of ether oxygens (including phenoxy) is 1. The third-order valence-corrected chi connectivity index (χ3v) is 3.14. The van der Waals surface area contributed by atoms with Crippen LogP contribution in [-0.2, 0) is 11.3 Å². The molecule has 8 heteroatoms. The van der Waals surface area contributed by atoms with Gasteiger partial charge in [-0.25, -0.2) is 0 Å². The Labute approximate surface area is 108 Å². The molecule has 0 radical (unpaired) electrons. The average molecular weight is 274 g/mol. The van der Waals surface area contributed by atoms with E-state index in [0.717, 1.165) is 5.69 Å². The third-order valence-electron chi connectivity index (χ3n) is 2.33. The summed E-state index contributed by atoms with van der Waals surface area (Å²) in [4.78, 5) is 0. The fraction of sp³-hybridized carbons (Fsp3) is 0.444. The van der Waals surface area contributed by atoms with Crippen molar-refractivity contribution in [1.29, 1.82) is 0 Å². The standard InChI is InChI=1S/C9H12ClN5OS/c1-16-3-2-15-9(6(10)4-12-15)8(11)7-5-17-14-13-7/h4-5,8H,2-3,11H2,1H3. The van der Waals surface area contributed by atoms with Crippen LogP contribution < -0.4 is 5.73 Å². The molecule has 0 aliphatic heterocycles.